The van der Waals surface area contributed by atoms with Crippen molar-refractivity contribution >= 4 is 17.9 Å². The topological polar surface area (TPSA) is 78.9 Å². The van der Waals surface area contributed by atoms with Gasteiger partial charge in [0.2, 0.25) is 0 Å². The van der Waals surface area contributed by atoms with Crippen LogP contribution in [-0.2, 0) is 28.6 Å². The fourth-order valence-corrected chi connectivity index (χ4v) is 7.14. The third-order valence-electron chi connectivity index (χ3n) is 11.2. The normalized spacial score (nSPS) is 13.0. The van der Waals surface area contributed by atoms with E-state index in [1.165, 1.54) is 57.8 Å². The highest BCUT2D eigenvalue weighted by Crippen LogP contribution is 2.13. The number of allylic oxidation sites excluding steroid dienone is 20. The van der Waals surface area contributed by atoms with Gasteiger partial charge in [-0.05, 0) is 109 Å². The molecule has 0 aromatic rings. The van der Waals surface area contributed by atoms with Gasteiger partial charge in [-0.1, -0.05) is 226 Å². The number of ether oxygens (including phenoxy) is 3. The summed E-state index contributed by atoms with van der Waals surface area (Å²) in [7, 11) is 0. The molecule has 0 aliphatic carbocycles. The lowest BCUT2D eigenvalue weighted by atomic mass is 10.1. The molecule has 384 valence electrons. The minimum Gasteiger partial charge on any atom is -0.462 e. The highest BCUT2D eigenvalue weighted by atomic mass is 16.6. The lowest BCUT2D eigenvalue weighted by molar-refractivity contribution is -0.167. The second-order valence-corrected chi connectivity index (χ2v) is 17.7. The van der Waals surface area contributed by atoms with Crippen LogP contribution in [0.1, 0.15) is 233 Å². The molecule has 0 rings (SSSR count). The van der Waals surface area contributed by atoms with Crippen LogP contribution in [0, 0.1) is 0 Å². The van der Waals surface area contributed by atoms with Crippen LogP contribution in [0.5, 0.6) is 0 Å². The van der Waals surface area contributed by atoms with Crippen LogP contribution < -0.4 is 0 Å². The first-order valence-corrected chi connectivity index (χ1v) is 27.5. The molecule has 0 aromatic carbocycles. The summed E-state index contributed by atoms with van der Waals surface area (Å²) >= 11 is 0. The molecule has 68 heavy (non-hydrogen) atoms. The minimum absolute atomic E-state index is 0.0972. The van der Waals surface area contributed by atoms with E-state index in [9.17, 15) is 14.4 Å². The van der Waals surface area contributed by atoms with Crippen LogP contribution in [-0.4, -0.2) is 37.2 Å². The molecule has 0 aliphatic heterocycles. The molecule has 0 aliphatic rings. The Bertz CT molecular complexity index is 1450. The molecule has 0 saturated heterocycles. The number of carbonyl (C=O) groups excluding carboxylic acids is 3. The number of hydrogen-bond acceptors (Lipinski definition) is 6. The van der Waals surface area contributed by atoms with Gasteiger partial charge in [0.15, 0.2) is 6.10 Å². The molecule has 0 bridgehead atoms. The second kappa shape index (κ2) is 55.4. The first-order valence-electron chi connectivity index (χ1n) is 27.5. The van der Waals surface area contributed by atoms with E-state index in [1.807, 2.05) is 0 Å². The van der Waals surface area contributed by atoms with E-state index in [0.717, 1.165) is 135 Å². The Morgan fingerprint density at radius 1 is 0.309 bits per heavy atom. The fraction of sp³-hybridized carbons (Fsp3) is 0.629. The van der Waals surface area contributed by atoms with Crippen LogP contribution in [0.25, 0.3) is 0 Å². The van der Waals surface area contributed by atoms with Gasteiger partial charge in [0, 0.05) is 19.3 Å². The average molecular weight is 941 g/mol. The number of unbranched alkanes of at least 4 members (excludes halogenated alkanes) is 17. The second-order valence-electron chi connectivity index (χ2n) is 17.7. The predicted octanol–water partition coefficient (Wildman–Crippen LogP) is 18.5. The highest BCUT2D eigenvalue weighted by molar-refractivity contribution is 5.71. The van der Waals surface area contributed by atoms with Crippen molar-refractivity contribution in [3.63, 3.8) is 0 Å². The largest absolute Gasteiger partial charge is 0.462 e. The van der Waals surface area contributed by atoms with Gasteiger partial charge in [-0.15, -0.1) is 0 Å². The number of carbonyl (C=O) groups is 3. The van der Waals surface area contributed by atoms with Gasteiger partial charge in [0.1, 0.15) is 13.2 Å². The summed E-state index contributed by atoms with van der Waals surface area (Å²) in [5.41, 5.74) is 0. The predicted molar refractivity (Wildman–Crippen MR) is 293 cm³/mol. The molecule has 0 amide bonds. The SMILES string of the molecule is CC/C=C\C/C=C\C/C=C\C/C=C\C/C=C\CCCCCCCCCC(=O)OCC(COC(=O)CCCCCCCCCC)OC(=O)CCCCC/C=C\C/C=C\C/C=C\C/C=C\C/C=C\CC. The van der Waals surface area contributed by atoms with Crippen molar-refractivity contribution in [1.29, 1.82) is 0 Å². The Morgan fingerprint density at radius 2 is 0.574 bits per heavy atom. The van der Waals surface area contributed by atoms with E-state index in [0.29, 0.717) is 12.8 Å². The number of hydrogen-bond donors (Lipinski definition) is 0. The Kier molecular flexibility index (Phi) is 52.0. The van der Waals surface area contributed by atoms with Gasteiger partial charge in [-0.25, -0.2) is 0 Å². The van der Waals surface area contributed by atoms with E-state index in [-0.39, 0.29) is 37.5 Å². The van der Waals surface area contributed by atoms with Crippen LogP contribution in [0.2, 0.25) is 0 Å². The molecule has 0 spiro atoms. The Balaban J connectivity index is 4.36. The van der Waals surface area contributed by atoms with Crippen LogP contribution in [0.15, 0.2) is 122 Å². The summed E-state index contributed by atoms with van der Waals surface area (Å²) in [4.78, 5) is 38.0. The Morgan fingerprint density at radius 3 is 0.912 bits per heavy atom. The van der Waals surface area contributed by atoms with E-state index < -0.39 is 6.10 Å². The first-order chi connectivity index (χ1) is 33.5. The quantitative estimate of drug-likeness (QED) is 0.0262. The van der Waals surface area contributed by atoms with Crippen LogP contribution >= 0.6 is 0 Å². The Labute approximate surface area is 418 Å². The molecule has 1 unspecified atom stereocenters. The third kappa shape index (κ3) is 52.8. The van der Waals surface area contributed by atoms with Gasteiger partial charge in [-0.2, -0.15) is 0 Å². The molecule has 0 N–H and O–H groups in total. The molecule has 6 heteroatoms. The van der Waals surface area contributed by atoms with Gasteiger partial charge >= 0.3 is 17.9 Å². The molecule has 6 nitrogen and oxygen atoms in total. The van der Waals surface area contributed by atoms with Crippen molar-refractivity contribution in [2.24, 2.45) is 0 Å². The lowest BCUT2D eigenvalue weighted by Crippen LogP contribution is -2.30. The standard InChI is InChI=1S/C62H100O6/c1-4-7-10-13-16-19-21-23-25-27-29-30-31-32-34-35-37-39-41-43-46-49-52-55-61(64)67-58-59(57-66-60(63)54-51-48-45-18-15-12-9-6-3)68-62(65)56-53-50-47-44-42-40-38-36-33-28-26-24-22-20-17-14-11-8-5-2/h7-8,10-11,16-17,19-20,23-26,29-30,32-34,36,40,42,59H,4-6,9,12-15,18,21-22,27-28,31,35,37-39,41,43-58H2,1-3H3/b10-7-,11-8-,19-16-,20-17-,25-23-,26-24-,30-29-,34-32-,36-33-,42-40-. The van der Waals surface area contributed by atoms with Gasteiger partial charge in [-0.3, -0.25) is 14.4 Å². The van der Waals surface area contributed by atoms with Crippen LogP contribution in [0.3, 0.4) is 0 Å². The van der Waals surface area contributed by atoms with Crippen molar-refractivity contribution < 1.29 is 28.6 Å². The molecule has 0 aromatic heterocycles. The Hall–Kier alpha value is -4.19. The van der Waals surface area contributed by atoms with Crippen molar-refractivity contribution in [2.45, 2.75) is 239 Å². The maximum atomic E-state index is 12.8. The zero-order valence-corrected chi connectivity index (χ0v) is 43.8. The van der Waals surface area contributed by atoms with Crippen molar-refractivity contribution in [3.8, 4) is 0 Å². The summed E-state index contributed by atoms with van der Waals surface area (Å²) in [6.07, 6.45) is 76.2. The maximum absolute atomic E-state index is 12.8. The van der Waals surface area contributed by atoms with Gasteiger partial charge in [0.05, 0.1) is 0 Å². The van der Waals surface area contributed by atoms with Gasteiger partial charge in [0.25, 0.3) is 0 Å². The van der Waals surface area contributed by atoms with E-state index >= 15 is 0 Å². The molecule has 0 saturated carbocycles. The summed E-state index contributed by atoms with van der Waals surface area (Å²) < 4.78 is 16.8. The molecular formula is C62H100O6. The molecule has 1 atom stereocenters. The van der Waals surface area contributed by atoms with Crippen molar-refractivity contribution in [2.75, 3.05) is 13.2 Å². The first kappa shape index (κ1) is 63.8. The molecule has 0 heterocycles. The van der Waals surface area contributed by atoms with E-state index in [4.69, 9.17) is 14.2 Å². The molecular weight excluding hydrogens is 841 g/mol. The zero-order chi connectivity index (χ0) is 49.3. The summed E-state index contributed by atoms with van der Waals surface area (Å²) in [5, 5.41) is 0. The number of rotatable bonds is 48. The van der Waals surface area contributed by atoms with Crippen molar-refractivity contribution in [3.05, 3.63) is 122 Å². The lowest BCUT2D eigenvalue weighted by Gasteiger charge is -2.18. The number of esters is 3. The fourth-order valence-electron chi connectivity index (χ4n) is 7.14. The van der Waals surface area contributed by atoms with Crippen molar-refractivity contribution in [1.82, 2.24) is 0 Å². The molecule has 0 fully saturated rings. The minimum atomic E-state index is -0.801. The molecule has 0 radical (unpaired) electrons. The zero-order valence-electron chi connectivity index (χ0n) is 43.8. The van der Waals surface area contributed by atoms with E-state index in [2.05, 4.69) is 142 Å². The average Bonchev–Trinajstić information content (AvgIpc) is 3.34. The summed E-state index contributed by atoms with van der Waals surface area (Å²) in [6.45, 7) is 6.33. The highest BCUT2D eigenvalue weighted by Gasteiger charge is 2.19. The third-order valence-corrected chi connectivity index (χ3v) is 11.2. The van der Waals surface area contributed by atoms with Gasteiger partial charge < -0.3 is 14.2 Å². The monoisotopic (exact) mass is 941 g/mol. The summed E-state index contributed by atoms with van der Waals surface area (Å²) in [5.74, 6) is -0.950. The summed E-state index contributed by atoms with van der Waals surface area (Å²) in [6, 6.07) is 0. The maximum Gasteiger partial charge on any atom is 0.306 e. The smallest absolute Gasteiger partial charge is 0.306 e. The van der Waals surface area contributed by atoms with E-state index in [1.54, 1.807) is 0 Å². The van der Waals surface area contributed by atoms with Crippen LogP contribution in [0.4, 0.5) is 0 Å².